The molecule has 1 unspecified atom stereocenters. The van der Waals surface area contributed by atoms with E-state index in [1.807, 2.05) is 0 Å². The molecule has 0 saturated carbocycles. The van der Waals surface area contributed by atoms with Crippen molar-refractivity contribution >= 4 is 5.95 Å². The molecule has 1 aliphatic heterocycles. The van der Waals surface area contributed by atoms with Gasteiger partial charge in [0.05, 0.1) is 18.1 Å². The largest absolute Gasteiger partial charge is 0.340 e. The molecule has 2 aromatic rings. The molecule has 4 rings (SSSR count). The minimum absolute atomic E-state index is 0.00745. The van der Waals surface area contributed by atoms with Gasteiger partial charge in [0.2, 0.25) is 5.95 Å². The molecule has 26 heavy (non-hydrogen) atoms. The van der Waals surface area contributed by atoms with Gasteiger partial charge in [0.15, 0.2) is 5.82 Å². The molecule has 0 aromatic carbocycles. The first kappa shape index (κ1) is 17.1. The molecule has 138 valence electrons. The van der Waals surface area contributed by atoms with Crippen molar-refractivity contribution in [1.82, 2.24) is 19.9 Å². The van der Waals surface area contributed by atoms with Crippen LogP contribution in [0.3, 0.4) is 0 Å². The number of H-pyrrole nitrogens is 1. The molecule has 0 amide bonds. The van der Waals surface area contributed by atoms with Gasteiger partial charge in [0.25, 0.3) is 5.56 Å². The van der Waals surface area contributed by atoms with Crippen molar-refractivity contribution < 1.29 is 4.39 Å². The highest BCUT2D eigenvalue weighted by molar-refractivity contribution is 5.40. The number of hydrogen-bond acceptors (Lipinski definition) is 5. The summed E-state index contributed by atoms with van der Waals surface area (Å²) in [6, 6.07) is 0. The normalized spacial score (nSPS) is 22.7. The Morgan fingerprint density at radius 2 is 1.96 bits per heavy atom. The molecule has 1 N–H and O–H groups in total. The van der Waals surface area contributed by atoms with Gasteiger partial charge in [0, 0.05) is 29.5 Å². The SMILES string of the molecule is CC(C)(C)c1nc2c(c(=O)[nH]1)CCC21CCCN(c2ncc(F)cn2)C1. The van der Waals surface area contributed by atoms with Crippen LogP contribution in [0, 0.1) is 5.82 Å². The molecule has 3 heterocycles. The summed E-state index contributed by atoms with van der Waals surface area (Å²) in [5, 5.41) is 0. The van der Waals surface area contributed by atoms with E-state index in [-0.39, 0.29) is 16.4 Å². The molecule has 1 aliphatic carbocycles. The van der Waals surface area contributed by atoms with E-state index in [9.17, 15) is 9.18 Å². The van der Waals surface area contributed by atoms with Crippen molar-refractivity contribution in [1.29, 1.82) is 0 Å². The van der Waals surface area contributed by atoms with E-state index in [1.54, 1.807) is 0 Å². The lowest BCUT2D eigenvalue weighted by molar-refractivity contribution is 0.329. The second-order valence-corrected chi connectivity index (χ2v) is 8.50. The number of nitrogens with zero attached hydrogens (tertiary/aromatic N) is 4. The zero-order chi connectivity index (χ0) is 18.5. The third-order valence-corrected chi connectivity index (χ3v) is 5.55. The summed E-state index contributed by atoms with van der Waals surface area (Å²) in [5.74, 6) is 0.840. The summed E-state index contributed by atoms with van der Waals surface area (Å²) in [4.78, 5) is 30.9. The van der Waals surface area contributed by atoms with E-state index in [0.717, 1.165) is 49.3 Å². The Balaban J connectivity index is 1.74. The first-order valence-electron chi connectivity index (χ1n) is 9.15. The predicted octanol–water partition coefficient (Wildman–Crippen LogP) is 2.48. The van der Waals surface area contributed by atoms with E-state index >= 15 is 0 Å². The van der Waals surface area contributed by atoms with Crippen LogP contribution in [0.15, 0.2) is 17.2 Å². The lowest BCUT2D eigenvalue weighted by Gasteiger charge is -2.40. The first-order chi connectivity index (χ1) is 12.3. The number of anilines is 1. The Bertz CT molecular complexity index is 886. The maximum absolute atomic E-state index is 13.2. The second kappa shape index (κ2) is 5.86. The number of fused-ring (bicyclic) bond motifs is 2. The molecule has 1 atom stereocenters. The van der Waals surface area contributed by atoms with Crippen molar-refractivity contribution in [2.75, 3.05) is 18.0 Å². The van der Waals surface area contributed by atoms with E-state index in [2.05, 4.69) is 40.6 Å². The standard InChI is InChI=1S/C19H24FN5O/c1-18(2,3)16-23-14-13(15(26)24-16)5-7-19(14)6-4-8-25(11-19)17-21-9-12(20)10-22-17/h9-10H,4-8,11H2,1-3H3,(H,23,24,26). The summed E-state index contributed by atoms with van der Waals surface area (Å²) in [6.07, 6.45) is 6.03. The van der Waals surface area contributed by atoms with Crippen molar-refractivity contribution in [3.63, 3.8) is 0 Å². The zero-order valence-electron chi connectivity index (χ0n) is 15.5. The summed E-state index contributed by atoms with van der Waals surface area (Å²) in [6.45, 7) is 7.71. The Labute approximate surface area is 151 Å². The van der Waals surface area contributed by atoms with Gasteiger partial charge in [-0.2, -0.15) is 0 Å². The van der Waals surface area contributed by atoms with Crippen LogP contribution in [0.2, 0.25) is 0 Å². The lowest BCUT2D eigenvalue weighted by atomic mass is 9.77. The number of hydrogen-bond donors (Lipinski definition) is 1. The number of rotatable bonds is 1. The van der Waals surface area contributed by atoms with Crippen LogP contribution in [0.4, 0.5) is 10.3 Å². The average Bonchev–Trinajstić information content (AvgIpc) is 2.93. The summed E-state index contributed by atoms with van der Waals surface area (Å²) >= 11 is 0. The minimum atomic E-state index is -0.435. The van der Waals surface area contributed by atoms with Crippen LogP contribution in [-0.2, 0) is 17.3 Å². The highest BCUT2D eigenvalue weighted by Crippen LogP contribution is 2.43. The smallest absolute Gasteiger partial charge is 0.254 e. The molecule has 1 saturated heterocycles. The number of aromatic nitrogens is 4. The fourth-order valence-corrected chi connectivity index (χ4v) is 4.17. The molecule has 0 radical (unpaired) electrons. The Morgan fingerprint density at radius 3 is 2.65 bits per heavy atom. The monoisotopic (exact) mass is 357 g/mol. The first-order valence-corrected chi connectivity index (χ1v) is 9.15. The Kier molecular flexibility index (Phi) is 3.86. The Morgan fingerprint density at radius 1 is 1.23 bits per heavy atom. The number of nitrogens with one attached hydrogen (secondary N) is 1. The molecule has 7 heteroatoms. The molecule has 6 nitrogen and oxygen atoms in total. The van der Waals surface area contributed by atoms with Crippen LogP contribution in [0.5, 0.6) is 0 Å². The number of piperidine rings is 1. The van der Waals surface area contributed by atoms with Crippen molar-refractivity contribution in [2.24, 2.45) is 0 Å². The van der Waals surface area contributed by atoms with E-state index in [0.29, 0.717) is 12.5 Å². The maximum Gasteiger partial charge on any atom is 0.254 e. The summed E-state index contributed by atoms with van der Waals surface area (Å²) in [5.41, 5.74) is 1.39. The maximum atomic E-state index is 13.2. The highest BCUT2D eigenvalue weighted by atomic mass is 19.1. The molecule has 1 fully saturated rings. The van der Waals surface area contributed by atoms with Gasteiger partial charge in [-0.15, -0.1) is 0 Å². The lowest BCUT2D eigenvalue weighted by Crippen LogP contribution is -2.46. The summed E-state index contributed by atoms with van der Waals surface area (Å²) < 4.78 is 13.2. The summed E-state index contributed by atoms with van der Waals surface area (Å²) in [7, 11) is 0. The van der Waals surface area contributed by atoms with Crippen molar-refractivity contribution in [3.05, 3.63) is 45.6 Å². The second-order valence-electron chi connectivity index (χ2n) is 8.50. The van der Waals surface area contributed by atoms with Crippen LogP contribution in [0.1, 0.15) is 57.1 Å². The third kappa shape index (κ3) is 2.79. The topological polar surface area (TPSA) is 74.8 Å². The van der Waals surface area contributed by atoms with E-state index < -0.39 is 5.82 Å². The average molecular weight is 357 g/mol. The molecule has 2 aromatic heterocycles. The van der Waals surface area contributed by atoms with Crippen LogP contribution in [-0.4, -0.2) is 33.0 Å². The van der Waals surface area contributed by atoms with Gasteiger partial charge < -0.3 is 9.88 Å². The van der Waals surface area contributed by atoms with Crippen LogP contribution >= 0.6 is 0 Å². The van der Waals surface area contributed by atoms with Gasteiger partial charge in [0.1, 0.15) is 5.82 Å². The highest BCUT2D eigenvalue weighted by Gasteiger charge is 2.45. The van der Waals surface area contributed by atoms with Gasteiger partial charge >= 0.3 is 0 Å². The molecule has 0 bridgehead atoms. The molecule has 2 aliphatic rings. The third-order valence-electron chi connectivity index (χ3n) is 5.55. The zero-order valence-corrected chi connectivity index (χ0v) is 15.5. The van der Waals surface area contributed by atoms with Crippen molar-refractivity contribution in [2.45, 2.75) is 57.3 Å². The van der Waals surface area contributed by atoms with E-state index in [4.69, 9.17) is 4.98 Å². The van der Waals surface area contributed by atoms with E-state index in [1.165, 1.54) is 12.4 Å². The Hall–Kier alpha value is -2.31. The van der Waals surface area contributed by atoms with Gasteiger partial charge in [-0.25, -0.2) is 19.3 Å². The van der Waals surface area contributed by atoms with Gasteiger partial charge in [-0.3, -0.25) is 4.79 Å². The van der Waals surface area contributed by atoms with Crippen LogP contribution in [0.25, 0.3) is 0 Å². The minimum Gasteiger partial charge on any atom is -0.340 e. The molecule has 1 spiro atoms. The number of halogens is 1. The van der Waals surface area contributed by atoms with Crippen LogP contribution < -0.4 is 10.5 Å². The number of aromatic amines is 1. The fourth-order valence-electron chi connectivity index (χ4n) is 4.17. The fraction of sp³-hybridized carbons (Fsp3) is 0.579. The van der Waals surface area contributed by atoms with Crippen molar-refractivity contribution in [3.8, 4) is 0 Å². The predicted molar refractivity (Wildman–Crippen MR) is 97.0 cm³/mol. The van der Waals surface area contributed by atoms with Gasteiger partial charge in [-0.05, 0) is 25.7 Å². The molecular formula is C19H24FN5O. The van der Waals surface area contributed by atoms with Gasteiger partial charge in [-0.1, -0.05) is 20.8 Å². The molecular weight excluding hydrogens is 333 g/mol. The quantitative estimate of drug-likeness (QED) is 0.849.